The number of ether oxygens (including phenoxy) is 1. The van der Waals surface area contributed by atoms with Crippen molar-refractivity contribution in [1.82, 2.24) is 0 Å². The molecule has 0 bridgehead atoms. The number of benzene rings is 1. The predicted octanol–water partition coefficient (Wildman–Crippen LogP) is 5.15. The molecule has 0 spiro atoms. The molecule has 1 aliphatic heterocycles. The number of likely N-dealkylation sites (tertiary alicyclic amines) is 1. The first-order valence-electron chi connectivity index (χ1n) is 11.0. The molecule has 1 amide bonds. The molecule has 1 aromatic heterocycles. The number of nitrogens with zero attached hydrogens (tertiary/aromatic N) is 1. The number of aryl methyl sites for hydroxylation is 1. The van der Waals surface area contributed by atoms with E-state index in [2.05, 4.69) is 29.6 Å². The van der Waals surface area contributed by atoms with Crippen LogP contribution in [0.3, 0.4) is 0 Å². The SMILES string of the molecule is CCCOC(=O)c1scc(C)c1NC(=O)C[N+]1(Cc2ccccc2)CCCCCC1. The quantitative estimate of drug-likeness (QED) is 0.466. The second-order valence-corrected chi connectivity index (χ2v) is 9.19. The van der Waals surface area contributed by atoms with Gasteiger partial charge in [0.2, 0.25) is 0 Å². The number of carbonyl (C=O) groups excluding carboxylic acids is 2. The van der Waals surface area contributed by atoms with Crippen molar-refractivity contribution >= 4 is 28.9 Å². The molecular formula is C24H33N2O3S+. The summed E-state index contributed by atoms with van der Waals surface area (Å²) in [5.74, 6) is -0.382. The van der Waals surface area contributed by atoms with Crippen molar-refractivity contribution in [2.45, 2.75) is 52.5 Å². The summed E-state index contributed by atoms with van der Waals surface area (Å²) in [6.07, 6.45) is 5.52. The van der Waals surface area contributed by atoms with Crippen LogP contribution in [0.4, 0.5) is 5.69 Å². The third-order valence-corrected chi connectivity index (χ3v) is 6.79. The zero-order chi connectivity index (χ0) is 21.4. The normalized spacial score (nSPS) is 15.9. The molecule has 0 unspecified atom stereocenters. The highest BCUT2D eigenvalue weighted by molar-refractivity contribution is 7.12. The van der Waals surface area contributed by atoms with Gasteiger partial charge in [0.1, 0.15) is 11.4 Å². The van der Waals surface area contributed by atoms with Crippen LogP contribution in [0.25, 0.3) is 0 Å². The van der Waals surface area contributed by atoms with Crippen molar-refractivity contribution in [3.63, 3.8) is 0 Å². The van der Waals surface area contributed by atoms with Gasteiger partial charge in [0.25, 0.3) is 5.91 Å². The molecule has 0 aliphatic carbocycles. The van der Waals surface area contributed by atoms with E-state index < -0.39 is 0 Å². The number of hydrogen-bond acceptors (Lipinski definition) is 4. The van der Waals surface area contributed by atoms with Crippen LogP contribution in [0.15, 0.2) is 35.7 Å². The van der Waals surface area contributed by atoms with Gasteiger partial charge in [0.15, 0.2) is 6.54 Å². The molecule has 30 heavy (non-hydrogen) atoms. The molecule has 2 heterocycles. The van der Waals surface area contributed by atoms with E-state index in [4.69, 9.17) is 4.74 Å². The third kappa shape index (κ3) is 5.92. The van der Waals surface area contributed by atoms with Crippen molar-refractivity contribution in [2.75, 3.05) is 31.6 Å². The maximum Gasteiger partial charge on any atom is 0.350 e. The molecule has 3 rings (SSSR count). The van der Waals surface area contributed by atoms with Crippen molar-refractivity contribution < 1.29 is 18.8 Å². The van der Waals surface area contributed by atoms with Crippen molar-refractivity contribution in [3.8, 4) is 0 Å². The van der Waals surface area contributed by atoms with E-state index >= 15 is 0 Å². The molecule has 162 valence electrons. The summed E-state index contributed by atoms with van der Waals surface area (Å²) in [5, 5.41) is 4.95. The minimum atomic E-state index is -0.354. The summed E-state index contributed by atoms with van der Waals surface area (Å²) >= 11 is 1.33. The van der Waals surface area contributed by atoms with Crippen LogP contribution in [0.5, 0.6) is 0 Å². The Balaban J connectivity index is 1.75. The van der Waals surface area contributed by atoms with Crippen LogP contribution < -0.4 is 5.32 Å². The number of esters is 1. The first-order valence-corrected chi connectivity index (χ1v) is 11.8. The number of thiophene rings is 1. The Bertz CT molecular complexity index is 839. The van der Waals surface area contributed by atoms with E-state index in [1.165, 1.54) is 29.7 Å². The largest absolute Gasteiger partial charge is 0.461 e. The van der Waals surface area contributed by atoms with Crippen LogP contribution >= 0.6 is 11.3 Å². The zero-order valence-corrected chi connectivity index (χ0v) is 18.9. The maximum absolute atomic E-state index is 13.2. The smallest absolute Gasteiger partial charge is 0.350 e. The number of quaternary nitrogens is 1. The van der Waals surface area contributed by atoms with Gasteiger partial charge in [-0.25, -0.2) is 4.79 Å². The molecule has 0 radical (unpaired) electrons. The summed E-state index contributed by atoms with van der Waals surface area (Å²) in [7, 11) is 0. The fourth-order valence-corrected chi connectivity index (χ4v) is 5.09. The average molecular weight is 430 g/mol. The number of carbonyl (C=O) groups is 2. The number of rotatable bonds is 8. The van der Waals surface area contributed by atoms with E-state index in [1.54, 1.807) is 0 Å². The number of hydrogen-bond donors (Lipinski definition) is 1. The summed E-state index contributed by atoms with van der Waals surface area (Å²) in [6, 6.07) is 10.4. The highest BCUT2D eigenvalue weighted by atomic mass is 32.1. The Morgan fingerprint density at radius 1 is 1.10 bits per heavy atom. The lowest BCUT2D eigenvalue weighted by molar-refractivity contribution is -0.932. The molecule has 1 aromatic carbocycles. The van der Waals surface area contributed by atoms with Gasteiger partial charge < -0.3 is 14.5 Å². The van der Waals surface area contributed by atoms with E-state index in [-0.39, 0.29) is 11.9 Å². The standard InChI is InChI=1S/C24H32N2O3S/c1-3-15-29-24(28)23-22(19(2)18-30-23)25-21(27)17-26(13-9-4-5-10-14-26)16-20-11-7-6-8-12-20/h6-8,11-12,18H,3-5,9-10,13-17H2,1-2H3/p+1. The van der Waals surface area contributed by atoms with Crippen LogP contribution in [0.2, 0.25) is 0 Å². The lowest BCUT2D eigenvalue weighted by atomic mass is 10.1. The van der Waals surface area contributed by atoms with E-state index in [0.29, 0.717) is 23.7 Å². The second kappa shape index (κ2) is 10.7. The lowest BCUT2D eigenvalue weighted by Crippen LogP contribution is -2.52. The van der Waals surface area contributed by atoms with Gasteiger partial charge >= 0.3 is 5.97 Å². The fourth-order valence-electron chi connectivity index (χ4n) is 4.20. The molecule has 5 nitrogen and oxygen atoms in total. The van der Waals surface area contributed by atoms with Crippen molar-refractivity contribution in [1.29, 1.82) is 0 Å². The average Bonchev–Trinajstić information content (AvgIpc) is 2.94. The predicted molar refractivity (Wildman–Crippen MR) is 122 cm³/mol. The van der Waals surface area contributed by atoms with Crippen LogP contribution in [-0.4, -0.2) is 42.6 Å². The highest BCUT2D eigenvalue weighted by Crippen LogP contribution is 2.29. The minimum Gasteiger partial charge on any atom is -0.461 e. The minimum absolute atomic E-state index is 0.0288. The molecule has 1 saturated heterocycles. The Kier molecular flexibility index (Phi) is 8.05. The van der Waals surface area contributed by atoms with E-state index in [1.807, 2.05) is 25.3 Å². The summed E-state index contributed by atoms with van der Waals surface area (Å²) in [4.78, 5) is 26.0. The van der Waals surface area contributed by atoms with Crippen molar-refractivity contribution in [2.24, 2.45) is 0 Å². The maximum atomic E-state index is 13.2. The van der Waals surface area contributed by atoms with Gasteiger partial charge in [-0.05, 0) is 50.0 Å². The molecule has 1 fully saturated rings. The molecule has 2 aromatic rings. The Morgan fingerprint density at radius 2 is 1.80 bits per heavy atom. The van der Waals surface area contributed by atoms with Crippen molar-refractivity contribution in [3.05, 3.63) is 51.7 Å². The first kappa shape index (κ1) is 22.5. The van der Waals surface area contributed by atoms with Crippen LogP contribution in [0.1, 0.15) is 59.8 Å². The van der Waals surface area contributed by atoms with Gasteiger partial charge in [-0.1, -0.05) is 37.3 Å². The Morgan fingerprint density at radius 3 is 2.47 bits per heavy atom. The van der Waals surface area contributed by atoms with Gasteiger partial charge in [-0.3, -0.25) is 4.79 Å². The number of anilines is 1. The highest BCUT2D eigenvalue weighted by Gasteiger charge is 2.32. The summed E-state index contributed by atoms with van der Waals surface area (Å²) < 4.78 is 6.07. The van der Waals surface area contributed by atoms with Gasteiger partial charge in [0.05, 0.1) is 25.4 Å². The Hall–Kier alpha value is -2.18. The van der Waals surface area contributed by atoms with E-state index in [0.717, 1.165) is 48.9 Å². The molecule has 0 saturated carbocycles. The molecule has 1 aliphatic rings. The van der Waals surface area contributed by atoms with Gasteiger partial charge in [0, 0.05) is 5.56 Å². The monoisotopic (exact) mass is 429 g/mol. The van der Waals surface area contributed by atoms with Crippen LogP contribution in [-0.2, 0) is 16.1 Å². The molecule has 6 heteroatoms. The molecule has 0 atom stereocenters. The summed E-state index contributed by atoms with van der Waals surface area (Å²) in [6.45, 7) is 7.58. The number of nitrogens with one attached hydrogen (secondary N) is 1. The first-order chi connectivity index (χ1) is 14.5. The molecular weight excluding hydrogens is 396 g/mol. The van der Waals surface area contributed by atoms with Gasteiger partial charge in [-0.2, -0.15) is 0 Å². The van der Waals surface area contributed by atoms with Gasteiger partial charge in [-0.15, -0.1) is 11.3 Å². The summed E-state index contributed by atoms with van der Waals surface area (Å²) in [5.41, 5.74) is 2.78. The number of amides is 1. The fraction of sp³-hybridized carbons (Fsp3) is 0.500. The lowest BCUT2D eigenvalue weighted by Gasteiger charge is -2.37. The van der Waals surface area contributed by atoms with Crippen LogP contribution in [0, 0.1) is 6.92 Å². The second-order valence-electron chi connectivity index (χ2n) is 8.31. The third-order valence-electron chi connectivity index (χ3n) is 5.72. The topological polar surface area (TPSA) is 55.4 Å². The molecule has 1 N–H and O–H groups in total. The zero-order valence-electron chi connectivity index (χ0n) is 18.1. The van der Waals surface area contributed by atoms with E-state index in [9.17, 15) is 9.59 Å². The Labute approximate surface area is 183 Å².